The highest BCUT2D eigenvalue weighted by Gasteiger charge is 2.44. The summed E-state index contributed by atoms with van der Waals surface area (Å²) in [6.45, 7) is 0.413. The zero-order valence-electron chi connectivity index (χ0n) is 19.7. The maximum absolute atomic E-state index is 12.4. The number of aliphatic carboxylic acids is 2. The van der Waals surface area contributed by atoms with Crippen molar-refractivity contribution < 1.29 is 50.9 Å². The molecule has 0 spiro atoms. The van der Waals surface area contributed by atoms with Gasteiger partial charge in [-0.3, -0.25) is 15.6 Å². The number of nitrogen functional groups attached to an aromatic ring is 2. The van der Waals surface area contributed by atoms with Crippen molar-refractivity contribution in [3.8, 4) is 0 Å². The van der Waals surface area contributed by atoms with Crippen LogP contribution in [0.1, 0.15) is 34.6 Å². The molecule has 3 rings (SSSR count). The molecule has 1 aliphatic rings. The van der Waals surface area contributed by atoms with Crippen LogP contribution in [-0.2, 0) is 20.9 Å². The Bertz CT molecular complexity index is 1210. The number of halogens is 6. The number of rotatable bonds is 6. The lowest BCUT2D eigenvalue weighted by Crippen LogP contribution is -2.25. The van der Waals surface area contributed by atoms with Crippen LogP contribution in [0.15, 0.2) is 48.5 Å². The van der Waals surface area contributed by atoms with Crippen LogP contribution in [0.4, 0.5) is 26.3 Å². The van der Waals surface area contributed by atoms with Gasteiger partial charge in [0.2, 0.25) is 5.91 Å². The number of carboxylic acids is 2. The monoisotopic (exact) mass is 563 g/mol. The average Bonchev–Trinajstić information content (AvgIpc) is 3.63. The van der Waals surface area contributed by atoms with Gasteiger partial charge in [-0.1, -0.05) is 36.4 Å². The highest BCUT2D eigenvalue weighted by atomic mass is 19.4. The van der Waals surface area contributed by atoms with Gasteiger partial charge >= 0.3 is 24.3 Å². The number of carboxylic acid groups (broad SMARTS) is 2. The molecular weight excluding hydrogens is 540 g/mol. The van der Waals surface area contributed by atoms with Gasteiger partial charge in [-0.15, -0.1) is 0 Å². The van der Waals surface area contributed by atoms with E-state index in [1.54, 1.807) is 12.1 Å². The van der Waals surface area contributed by atoms with Crippen LogP contribution in [-0.4, -0.2) is 52.1 Å². The Morgan fingerprint density at radius 2 is 1.28 bits per heavy atom. The van der Waals surface area contributed by atoms with Crippen molar-refractivity contribution in [2.45, 2.75) is 31.2 Å². The Morgan fingerprint density at radius 3 is 1.72 bits per heavy atom. The van der Waals surface area contributed by atoms with Crippen LogP contribution in [0.3, 0.4) is 0 Å². The molecule has 39 heavy (non-hydrogen) atoms. The normalized spacial score (nSPS) is 15.8. The number of nitrogens with one attached hydrogen (secondary N) is 3. The van der Waals surface area contributed by atoms with Gasteiger partial charge in [0, 0.05) is 23.6 Å². The van der Waals surface area contributed by atoms with Crippen molar-refractivity contribution in [2.24, 2.45) is 17.4 Å². The topological polar surface area (TPSA) is 203 Å². The third kappa shape index (κ3) is 11.1. The zero-order chi connectivity index (χ0) is 30.1. The van der Waals surface area contributed by atoms with Gasteiger partial charge in [0.1, 0.15) is 11.7 Å². The number of benzene rings is 2. The number of carbonyl (C=O) groups excluding carboxylic acids is 1. The zero-order valence-corrected chi connectivity index (χ0v) is 19.7. The van der Waals surface area contributed by atoms with Gasteiger partial charge in [0.25, 0.3) is 0 Å². The molecule has 1 fully saturated rings. The number of carbonyl (C=O) groups is 3. The fourth-order valence-corrected chi connectivity index (χ4v) is 2.96. The molecule has 1 saturated carbocycles. The maximum atomic E-state index is 12.4. The van der Waals surface area contributed by atoms with E-state index in [0.29, 0.717) is 17.7 Å². The Hall–Kier alpha value is -4.63. The van der Waals surface area contributed by atoms with E-state index >= 15 is 0 Å². The number of hydrogen-bond acceptors (Lipinski definition) is 5. The first-order chi connectivity index (χ1) is 17.8. The van der Waals surface area contributed by atoms with Crippen molar-refractivity contribution in [2.75, 3.05) is 0 Å². The molecule has 1 aliphatic carbocycles. The Morgan fingerprint density at radius 1 is 0.846 bits per heavy atom. The lowest BCUT2D eigenvalue weighted by molar-refractivity contribution is -0.193. The van der Waals surface area contributed by atoms with Gasteiger partial charge < -0.3 is 27.0 Å². The van der Waals surface area contributed by atoms with E-state index in [4.69, 9.17) is 42.1 Å². The average molecular weight is 563 g/mol. The third-order valence-electron chi connectivity index (χ3n) is 4.94. The first-order valence-corrected chi connectivity index (χ1v) is 10.6. The second-order valence-corrected chi connectivity index (χ2v) is 7.93. The molecule has 9 N–H and O–H groups in total. The molecule has 0 heterocycles. The summed E-state index contributed by atoms with van der Waals surface area (Å²) >= 11 is 0. The summed E-state index contributed by atoms with van der Waals surface area (Å²) in [6, 6.07) is 14.8. The fraction of sp³-hybridized carbons (Fsp3) is 0.261. The first kappa shape index (κ1) is 32.4. The third-order valence-corrected chi connectivity index (χ3v) is 4.94. The largest absolute Gasteiger partial charge is 0.490 e. The highest BCUT2D eigenvalue weighted by Crippen LogP contribution is 2.47. The van der Waals surface area contributed by atoms with E-state index in [1.165, 1.54) is 0 Å². The molecule has 2 aromatic rings. The molecule has 212 valence electrons. The van der Waals surface area contributed by atoms with Crippen molar-refractivity contribution in [3.63, 3.8) is 0 Å². The highest BCUT2D eigenvalue weighted by molar-refractivity contribution is 5.95. The van der Waals surface area contributed by atoms with Gasteiger partial charge in [-0.25, -0.2) is 9.59 Å². The minimum absolute atomic E-state index is 0.0146. The first-order valence-electron chi connectivity index (χ1n) is 10.6. The Labute approximate surface area is 216 Å². The van der Waals surface area contributed by atoms with Gasteiger partial charge in [0.15, 0.2) is 0 Å². The van der Waals surface area contributed by atoms with Crippen LogP contribution in [0.2, 0.25) is 0 Å². The molecule has 0 bridgehead atoms. The molecule has 1 amide bonds. The minimum Gasteiger partial charge on any atom is -0.475 e. The van der Waals surface area contributed by atoms with Crippen LogP contribution in [0, 0.1) is 16.7 Å². The van der Waals surface area contributed by atoms with E-state index in [-0.39, 0.29) is 29.4 Å². The molecule has 2 aromatic carbocycles. The minimum atomic E-state index is -5.08. The molecule has 16 heteroatoms. The van der Waals surface area contributed by atoms with Crippen LogP contribution >= 0.6 is 0 Å². The van der Waals surface area contributed by atoms with Crippen LogP contribution in [0.5, 0.6) is 0 Å². The predicted octanol–water partition coefficient (Wildman–Crippen LogP) is 2.94. The molecule has 0 aliphatic heterocycles. The summed E-state index contributed by atoms with van der Waals surface area (Å²) in [5, 5.41) is 32.2. The number of nitrogens with two attached hydrogens (primary N) is 2. The Balaban J connectivity index is 0.000000449. The summed E-state index contributed by atoms with van der Waals surface area (Å²) in [6.07, 6.45) is -9.36. The van der Waals surface area contributed by atoms with E-state index in [9.17, 15) is 31.1 Å². The fourth-order valence-electron chi connectivity index (χ4n) is 2.96. The maximum Gasteiger partial charge on any atom is 0.490 e. The smallest absolute Gasteiger partial charge is 0.475 e. The summed E-state index contributed by atoms with van der Waals surface area (Å²) in [7, 11) is 0. The van der Waals surface area contributed by atoms with Gasteiger partial charge in [-0.2, -0.15) is 26.3 Å². The second kappa shape index (κ2) is 13.3. The molecule has 2 atom stereocenters. The summed E-state index contributed by atoms with van der Waals surface area (Å²) in [4.78, 5) is 30.1. The molecular formula is C23H23F6N5O5. The summed E-state index contributed by atoms with van der Waals surface area (Å²) in [5.74, 6) is -5.30. The van der Waals surface area contributed by atoms with Crippen LogP contribution in [0.25, 0.3) is 0 Å². The molecule has 10 nitrogen and oxygen atoms in total. The number of alkyl halides is 6. The molecule has 0 aromatic heterocycles. The quantitative estimate of drug-likeness (QED) is 0.159. The van der Waals surface area contributed by atoms with Gasteiger partial charge in [0.05, 0.1) is 0 Å². The summed E-state index contributed by atoms with van der Waals surface area (Å²) in [5.41, 5.74) is 14.3. The lowest BCUT2D eigenvalue weighted by Gasteiger charge is -2.07. The lowest BCUT2D eigenvalue weighted by atomic mass is 10.0. The van der Waals surface area contributed by atoms with E-state index in [1.807, 2.05) is 36.4 Å². The van der Waals surface area contributed by atoms with Gasteiger partial charge in [-0.05, 0) is 35.6 Å². The standard InChI is InChI=1S/C19H21N5O.2C2HF3O2/c20-17(21)13-5-1-3-11(7-13)10-24-19(25)16-9-15(16)12-4-2-6-14(8-12)18(22)23;2*3-2(4,5)1(6)7/h1-8,15-16H,9-10H2,(H3,20,21)(H3,22,23)(H,24,25);2*(H,6,7)/t15-,16-;;/m1../s1. The number of amides is 1. The van der Waals surface area contributed by atoms with E-state index < -0.39 is 24.3 Å². The SMILES string of the molecule is N=C(N)c1cccc(CNC(=O)[C@@H]2C[C@@H]2c2cccc(C(=N)N)c2)c1.O=C(O)C(F)(F)F.O=C(O)C(F)(F)F. The van der Waals surface area contributed by atoms with Crippen molar-refractivity contribution in [1.29, 1.82) is 10.8 Å². The van der Waals surface area contributed by atoms with Crippen molar-refractivity contribution in [3.05, 3.63) is 70.8 Å². The molecule has 0 saturated heterocycles. The van der Waals surface area contributed by atoms with Crippen molar-refractivity contribution >= 4 is 29.5 Å². The van der Waals surface area contributed by atoms with Crippen molar-refractivity contribution in [1.82, 2.24) is 5.32 Å². The molecule has 0 unspecified atom stereocenters. The van der Waals surface area contributed by atoms with Crippen LogP contribution < -0.4 is 16.8 Å². The van der Waals surface area contributed by atoms with E-state index in [2.05, 4.69) is 5.32 Å². The van der Waals surface area contributed by atoms with E-state index in [0.717, 1.165) is 17.5 Å². The number of amidine groups is 2. The number of hydrogen-bond donors (Lipinski definition) is 7. The second-order valence-electron chi connectivity index (χ2n) is 7.93. The summed E-state index contributed by atoms with van der Waals surface area (Å²) < 4.78 is 63.5. The molecule has 0 radical (unpaired) electrons. The predicted molar refractivity (Wildman–Crippen MR) is 125 cm³/mol. The Kier molecular flexibility index (Phi) is 11.0.